The van der Waals surface area contributed by atoms with Crippen LogP contribution in [0.3, 0.4) is 0 Å². The number of nitrogens with zero attached hydrogens (tertiary/aromatic N) is 1. The predicted octanol–water partition coefficient (Wildman–Crippen LogP) is 6.77. The number of carbonyl (C=O) groups excluding carboxylic acids is 1. The summed E-state index contributed by atoms with van der Waals surface area (Å²) in [4.78, 5) is 16.6. The van der Waals surface area contributed by atoms with Crippen molar-refractivity contribution in [2.24, 2.45) is 4.99 Å². The number of rotatable bonds is 5. The first-order valence-corrected chi connectivity index (χ1v) is 9.40. The van der Waals surface area contributed by atoms with Crippen LogP contribution in [-0.4, -0.2) is 12.1 Å². The smallest absolute Gasteiger partial charge is 0.255 e. The number of allylic oxidation sites excluding steroid dienone is 1. The van der Waals surface area contributed by atoms with Gasteiger partial charge in [-0.25, -0.2) is 0 Å². The second kappa shape index (κ2) is 9.31. The van der Waals surface area contributed by atoms with E-state index in [1.807, 2.05) is 60.7 Å². The number of nitrogens with one attached hydrogen (secondary N) is 1. The van der Waals surface area contributed by atoms with Crippen LogP contribution in [0.1, 0.15) is 15.9 Å². The molecular formula is C22H16BrClN2O. The summed E-state index contributed by atoms with van der Waals surface area (Å²) in [5, 5.41) is 3.37. The third-order valence-electron chi connectivity index (χ3n) is 3.66. The zero-order chi connectivity index (χ0) is 19.1. The topological polar surface area (TPSA) is 41.5 Å². The maximum atomic E-state index is 12.2. The number of hydrogen-bond acceptors (Lipinski definition) is 2. The van der Waals surface area contributed by atoms with Gasteiger partial charge in [0.15, 0.2) is 0 Å². The number of benzene rings is 3. The van der Waals surface area contributed by atoms with E-state index in [0.29, 0.717) is 16.3 Å². The van der Waals surface area contributed by atoms with Crippen LogP contribution in [0, 0.1) is 0 Å². The lowest BCUT2D eigenvalue weighted by molar-refractivity contribution is 0.102. The first kappa shape index (κ1) is 19.1. The van der Waals surface area contributed by atoms with Gasteiger partial charge in [0.25, 0.3) is 5.91 Å². The Labute approximate surface area is 171 Å². The molecule has 3 aromatic rings. The van der Waals surface area contributed by atoms with Gasteiger partial charge in [-0.05, 0) is 66.2 Å². The maximum Gasteiger partial charge on any atom is 0.255 e. The number of aliphatic imine (C=N–C) groups is 1. The van der Waals surface area contributed by atoms with Crippen LogP contribution >= 0.6 is 27.5 Å². The minimum atomic E-state index is -0.203. The monoisotopic (exact) mass is 438 g/mol. The second-order valence-corrected chi connectivity index (χ2v) is 7.06. The largest absolute Gasteiger partial charge is 0.322 e. The van der Waals surface area contributed by atoms with E-state index in [0.717, 1.165) is 15.7 Å². The maximum absolute atomic E-state index is 12.2. The van der Waals surface area contributed by atoms with E-state index in [9.17, 15) is 4.79 Å². The first-order chi connectivity index (χ1) is 13.1. The number of carbonyl (C=O) groups is 1. The molecule has 0 fully saturated rings. The molecule has 134 valence electrons. The van der Waals surface area contributed by atoms with E-state index >= 15 is 0 Å². The lowest BCUT2D eigenvalue weighted by Gasteiger charge is -2.05. The Hall–Kier alpha value is -2.69. The molecule has 0 atom stereocenters. The molecule has 0 aliphatic carbocycles. The summed E-state index contributed by atoms with van der Waals surface area (Å²) in [7, 11) is 0. The number of amides is 1. The molecule has 27 heavy (non-hydrogen) atoms. The molecule has 0 heterocycles. The Bertz CT molecular complexity index is 997. The van der Waals surface area contributed by atoms with Gasteiger partial charge in [-0.3, -0.25) is 9.79 Å². The molecule has 0 aliphatic heterocycles. The number of halogens is 2. The molecule has 0 unspecified atom stereocenters. The van der Waals surface area contributed by atoms with Crippen LogP contribution in [0.2, 0.25) is 5.02 Å². The fraction of sp³-hybridized carbons (Fsp3) is 0. The van der Waals surface area contributed by atoms with Gasteiger partial charge in [0, 0.05) is 27.0 Å². The molecule has 0 spiro atoms. The summed E-state index contributed by atoms with van der Waals surface area (Å²) in [6.45, 7) is 0. The fourth-order valence-corrected chi connectivity index (χ4v) is 2.96. The summed E-state index contributed by atoms with van der Waals surface area (Å²) in [6.07, 6.45) is 5.60. The number of hydrogen-bond donors (Lipinski definition) is 1. The number of anilines is 1. The molecule has 3 nitrogen and oxygen atoms in total. The van der Waals surface area contributed by atoms with Gasteiger partial charge < -0.3 is 5.32 Å². The van der Waals surface area contributed by atoms with Gasteiger partial charge in [0.1, 0.15) is 0 Å². The van der Waals surface area contributed by atoms with E-state index in [1.165, 1.54) is 0 Å². The highest BCUT2D eigenvalue weighted by Crippen LogP contribution is 2.18. The van der Waals surface area contributed by atoms with Crippen LogP contribution in [-0.2, 0) is 0 Å². The van der Waals surface area contributed by atoms with Crippen molar-refractivity contribution in [3.8, 4) is 0 Å². The Morgan fingerprint density at radius 3 is 2.52 bits per heavy atom. The quantitative estimate of drug-likeness (QED) is 0.438. The Morgan fingerprint density at radius 2 is 1.78 bits per heavy atom. The Balaban J connectivity index is 1.59. The van der Waals surface area contributed by atoms with E-state index in [2.05, 4.69) is 26.2 Å². The van der Waals surface area contributed by atoms with Gasteiger partial charge in [0.05, 0.1) is 5.69 Å². The molecule has 0 aliphatic rings. The van der Waals surface area contributed by atoms with Crippen molar-refractivity contribution in [1.82, 2.24) is 0 Å². The zero-order valence-electron chi connectivity index (χ0n) is 14.3. The Kier molecular flexibility index (Phi) is 6.58. The summed E-state index contributed by atoms with van der Waals surface area (Å²) in [5.41, 5.74) is 3.11. The average Bonchev–Trinajstić information content (AvgIpc) is 2.66. The standard InChI is InChI=1S/C22H16BrClN2O/c23-18-7-1-4-16(14-18)5-3-13-25-20-9-11-21(12-10-20)26-22(27)17-6-2-8-19(24)15-17/h1-15H,(H,26,27)/b5-3+,25-13?. The van der Waals surface area contributed by atoms with Crippen LogP contribution < -0.4 is 5.32 Å². The van der Waals surface area contributed by atoms with Crippen molar-refractivity contribution in [2.75, 3.05) is 5.32 Å². The lowest BCUT2D eigenvalue weighted by atomic mass is 10.2. The second-order valence-electron chi connectivity index (χ2n) is 5.70. The molecule has 5 heteroatoms. The fourth-order valence-electron chi connectivity index (χ4n) is 2.36. The predicted molar refractivity (Wildman–Crippen MR) is 117 cm³/mol. The average molecular weight is 440 g/mol. The summed E-state index contributed by atoms with van der Waals surface area (Å²) in [6, 6.07) is 22.2. The van der Waals surface area contributed by atoms with Crippen molar-refractivity contribution in [2.45, 2.75) is 0 Å². The van der Waals surface area contributed by atoms with E-state index < -0.39 is 0 Å². The van der Waals surface area contributed by atoms with Crippen molar-refractivity contribution in [1.29, 1.82) is 0 Å². The third kappa shape index (κ3) is 5.91. The molecule has 0 saturated carbocycles. The van der Waals surface area contributed by atoms with Crippen LogP contribution in [0.4, 0.5) is 11.4 Å². The van der Waals surface area contributed by atoms with Crippen molar-refractivity contribution in [3.63, 3.8) is 0 Å². The van der Waals surface area contributed by atoms with E-state index in [-0.39, 0.29) is 5.91 Å². The summed E-state index contributed by atoms with van der Waals surface area (Å²) >= 11 is 9.36. The van der Waals surface area contributed by atoms with Gasteiger partial charge in [-0.2, -0.15) is 0 Å². The minimum Gasteiger partial charge on any atom is -0.322 e. The van der Waals surface area contributed by atoms with Crippen molar-refractivity contribution >= 4 is 57.1 Å². The molecule has 1 amide bonds. The minimum absolute atomic E-state index is 0.203. The van der Waals surface area contributed by atoms with Crippen LogP contribution in [0.25, 0.3) is 6.08 Å². The SMILES string of the molecule is O=C(Nc1ccc(N=C/C=C/c2cccc(Br)c2)cc1)c1cccc(Cl)c1. The van der Waals surface area contributed by atoms with Crippen molar-refractivity contribution in [3.05, 3.63) is 99.5 Å². The Morgan fingerprint density at radius 1 is 1.00 bits per heavy atom. The molecule has 3 aromatic carbocycles. The highest BCUT2D eigenvalue weighted by molar-refractivity contribution is 9.10. The zero-order valence-corrected chi connectivity index (χ0v) is 16.6. The molecule has 0 radical (unpaired) electrons. The van der Waals surface area contributed by atoms with Crippen molar-refractivity contribution < 1.29 is 4.79 Å². The third-order valence-corrected chi connectivity index (χ3v) is 4.39. The first-order valence-electron chi connectivity index (χ1n) is 8.23. The van der Waals surface area contributed by atoms with Gasteiger partial charge in [-0.15, -0.1) is 0 Å². The normalized spacial score (nSPS) is 11.2. The van der Waals surface area contributed by atoms with E-state index in [1.54, 1.807) is 30.5 Å². The molecule has 1 N–H and O–H groups in total. The highest BCUT2D eigenvalue weighted by Gasteiger charge is 2.06. The van der Waals surface area contributed by atoms with Gasteiger partial charge >= 0.3 is 0 Å². The van der Waals surface area contributed by atoms with E-state index in [4.69, 9.17) is 11.6 Å². The summed E-state index contributed by atoms with van der Waals surface area (Å²) < 4.78 is 1.04. The summed E-state index contributed by atoms with van der Waals surface area (Å²) in [5.74, 6) is -0.203. The molecular weight excluding hydrogens is 424 g/mol. The van der Waals surface area contributed by atoms with Crippen LogP contribution in [0.5, 0.6) is 0 Å². The molecule has 0 aromatic heterocycles. The lowest BCUT2D eigenvalue weighted by Crippen LogP contribution is -2.11. The molecule has 0 bridgehead atoms. The van der Waals surface area contributed by atoms with Crippen LogP contribution in [0.15, 0.2) is 88.3 Å². The molecule has 3 rings (SSSR count). The molecule has 0 saturated heterocycles. The highest BCUT2D eigenvalue weighted by atomic mass is 79.9. The van der Waals surface area contributed by atoms with Gasteiger partial charge in [-0.1, -0.05) is 51.8 Å². The van der Waals surface area contributed by atoms with Gasteiger partial charge in [0.2, 0.25) is 0 Å².